The second-order valence-electron chi connectivity index (χ2n) is 5.08. The highest BCUT2D eigenvalue weighted by Crippen LogP contribution is 2.25. The van der Waals surface area contributed by atoms with Gasteiger partial charge in [-0.15, -0.1) is 11.3 Å². The van der Waals surface area contributed by atoms with Gasteiger partial charge in [0.15, 0.2) is 0 Å². The maximum atomic E-state index is 4.47. The number of rotatable bonds is 3. The van der Waals surface area contributed by atoms with Gasteiger partial charge >= 0.3 is 0 Å². The van der Waals surface area contributed by atoms with E-state index >= 15 is 0 Å². The van der Waals surface area contributed by atoms with Gasteiger partial charge in [-0.1, -0.05) is 6.58 Å². The first-order valence-corrected chi connectivity index (χ1v) is 7.62. The average molecular weight is 295 g/mol. The van der Waals surface area contributed by atoms with Crippen molar-refractivity contribution in [2.75, 3.05) is 0 Å². The summed E-state index contributed by atoms with van der Waals surface area (Å²) in [6, 6.07) is 4.15. The lowest BCUT2D eigenvalue weighted by Crippen LogP contribution is -1.87. The lowest BCUT2D eigenvalue weighted by Gasteiger charge is -2.03. The summed E-state index contributed by atoms with van der Waals surface area (Å²) < 4.78 is 2.06. The first-order valence-electron chi connectivity index (χ1n) is 6.80. The molecule has 4 heteroatoms. The third-order valence-corrected chi connectivity index (χ3v) is 4.29. The van der Waals surface area contributed by atoms with E-state index in [-0.39, 0.29) is 0 Å². The Morgan fingerprint density at radius 2 is 2.05 bits per heavy atom. The smallest absolute Gasteiger partial charge is 0.136 e. The average Bonchev–Trinajstić information content (AvgIpc) is 2.99. The molecular weight excluding hydrogens is 278 g/mol. The molecule has 0 N–H and O–H groups in total. The van der Waals surface area contributed by atoms with Crippen molar-refractivity contribution in [3.05, 3.63) is 57.9 Å². The molecule has 0 saturated heterocycles. The van der Waals surface area contributed by atoms with Crippen molar-refractivity contribution < 1.29 is 0 Å². The number of nitrogens with zero attached hydrogens (tertiary/aromatic N) is 3. The van der Waals surface area contributed by atoms with Gasteiger partial charge in [0.05, 0.1) is 21.3 Å². The van der Waals surface area contributed by atoms with Crippen LogP contribution in [0.4, 0.5) is 0 Å². The minimum absolute atomic E-state index is 0.955. The number of pyridine rings is 1. The van der Waals surface area contributed by atoms with E-state index in [1.54, 1.807) is 11.3 Å². The van der Waals surface area contributed by atoms with Crippen LogP contribution in [0.25, 0.3) is 23.4 Å². The zero-order valence-corrected chi connectivity index (χ0v) is 13.2. The summed E-state index contributed by atoms with van der Waals surface area (Å²) in [5, 5.41) is 1.06. The summed E-state index contributed by atoms with van der Waals surface area (Å²) in [6.07, 6.45) is 8.14. The maximum absolute atomic E-state index is 4.47. The summed E-state index contributed by atoms with van der Waals surface area (Å²) in [4.78, 5) is 10.1. The number of aromatic nitrogens is 3. The van der Waals surface area contributed by atoms with Crippen molar-refractivity contribution in [1.82, 2.24) is 14.4 Å². The molecule has 0 aromatic carbocycles. The first kappa shape index (κ1) is 13.8. The Kier molecular flexibility index (Phi) is 3.47. The van der Waals surface area contributed by atoms with E-state index in [2.05, 4.69) is 46.2 Å². The van der Waals surface area contributed by atoms with E-state index in [1.807, 2.05) is 32.2 Å². The van der Waals surface area contributed by atoms with Crippen LogP contribution in [0.2, 0.25) is 0 Å². The Morgan fingerprint density at radius 1 is 1.24 bits per heavy atom. The van der Waals surface area contributed by atoms with Crippen LogP contribution in [-0.2, 0) is 0 Å². The molecule has 3 heterocycles. The monoisotopic (exact) mass is 295 g/mol. The highest BCUT2D eigenvalue weighted by molar-refractivity contribution is 7.12. The quantitative estimate of drug-likeness (QED) is 0.706. The lowest BCUT2D eigenvalue weighted by molar-refractivity contribution is 1.17. The van der Waals surface area contributed by atoms with Crippen molar-refractivity contribution in [3.63, 3.8) is 0 Å². The molecule has 106 valence electrons. The molecule has 3 nitrogen and oxygen atoms in total. The van der Waals surface area contributed by atoms with Crippen molar-refractivity contribution in [3.8, 4) is 0 Å². The molecule has 0 fully saturated rings. The predicted octanol–water partition coefficient (Wildman–Crippen LogP) is 4.61. The molecule has 0 atom stereocenters. The molecular formula is C17H17N3S. The van der Waals surface area contributed by atoms with Crippen molar-refractivity contribution >= 4 is 34.7 Å². The van der Waals surface area contributed by atoms with Gasteiger partial charge in [0, 0.05) is 12.4 Å². The topological polar surface area (TPSA) is 30.2 Å². The number of aryl methyl sites for hydroxylation is 2. The van der Waals surface area contributed by atoms with Gasteiger partial charge in [0.2, 0.25) is 0 Å². The van der Waals surface area contributed by atoms with E-state index in [9.17, 15) is 0 Å². The summed E-state index contributed by atoms with van der Waals surface area (Å²) in [7, 11) is 0. The Hall–Kier alpha value is -2.20. The molecule has 0 aliphatic carbocycles. The van der Waals surface area contributed by atoms with Crippen LogP contribution in [0, 0.1) is 13.8 Å². The predicted molar refractivity (Wildman–Crippen MR) is 90.4 cm³/mol. The van der Waals surface area contributed by atoms with Crippen LogP contribution in [0.3, 0.4) is 0 Å². The van der Waals surface area contributed by atoms with Gasteiger partial charge in [0.1, 0.15) is 5.65 Å². The highest BCUT2D eigenvalue weighted by Gasteiger charge is 2.06. The zero-order valence-electron chi connectivity index (χ0n) is 12.4. The molecule has 0 radical (unpaired) electrons. The summed E-state index contributed by atoms with van der Waals surface area (Å²) >= 11 is 1.69. The Balaban J connectivity index is 2.03. The van der Waals surface area contributed by atoms with E-state index in [0.29, 0.717) is 0 Å². The number of imidazole rings is 1. The van der Waals surface area contributed by atoms with Crippen LogP contribution in [0.1, 0.15) is 33.8 Å². The Morgan fingerprint density at radius 3 is 2.81 bits per heavy atom. The SMILES string of the molecule is C=Cc1nc(C)sc1/C=C(\C)c1ccc2nc(C)cn2c1. The van der Waals surface area contributed by atoms with Gasteiger partial charge in [-0.25, -0.2) is 9.97 Å². The first-order chi connectivity index (χ1) is 10.1. The molecule has 0 saturated carbocycles. The van der Waals surface area contributed by atoms with Crippen molar-refractivity contribution in [2.24, 2.45) is 0 Å². The third kappa shape index (κ3) is 2.67. The molecule has 0 aliphatic rings. The number of fused-ring (bicyclic) bond motifs is 1. The van der Waals surface area contributed by atoms with Crippen molar-refractivity contribution in [1.29, 1.82) is 0 Å². The van der Waals surface area contributed by atoms with E-state index in [4.69, 9.17) is 0 Å². The molecule has 3 rings (SSSR count). The minimum atomic E-state index is 0.955. The fraction of sp³-hybridized carbons (Fsp3) is 0.176. The second-order valence-corrected chi connectivity index (χ2v) is 6.31. The highest BCUT2D eigenvalue weighted by atomic mass is 32.1. The minimum Gasteiger partial charge on any atom is -0.306 e. The van der Waals surface area contributed by atoms with Crippen LogP contribution < -0.4 is 0 Å². The van der Waals surface area contributed by atoms with E-state index in [1.165, 1.54) is 11.1 Å². The number of hydrogen-bond acceptors (Lipinski definition) is 3. The van der Waals surface area contributed by atoms with Gasteiger partial charge in [-0.3, -0.25) is 0 Å². The molecule has 0 bridgehead atoms. The van der Waals surface area contributed by atoms with Gasteiger partial charge in [0.25, 0.3) is 0 Å². The molecule has 0 spiro atoms. The summed E-state index contributed by atoms with van der Waals surface area (Å²) in [5.74, 6) is 0. The van der Waals surface area contributed by atoms with Gasteiger partial charge in [-0.2, -0.15) is 0 Å². The van der Waals surface area contributed by atoms with Crippen LogP contribution in [0.5, 0.6) is 0 Å². The van der Waals surface area contributed by atoms with E-state index < -0.39 is 0 Å². The largest absolute Gasteiger partial charge is 0.306 e. The van der Waals surface area contributed by atoms with Gasteiger partial charge in [-0.05, 0) is 56.2 Å². The standard InChI is InChI=1S/C17H17N3S/c1-5-15-16(21-13(4)19-15)8-11(2)14-6-7-17-18-12(3)9-20(17)10-14/h5-10H,1H2,2-4H3/b11-8+. The summed E-state index contributed by atoms with van der Waals surface area (Å²) in [5.41, 5.74) is 5.35. The molecule has 21 heavy (non-hydrogen) atoms. The number of allylic oxidation sites excluding steroid dienone is 1. The fourth-order valence-electron chi connectivity index (χ4n) is 2.34. The Bertz CT molecular complexity index is 852. The van der Waals surface area contributed by atoms with Gasteiger partial charge < -0.3 is 4.40 Å². The zero-order chi connectivity index (χ0) is 15.0. The van der Waals surface area contributed by atoms with Crippen LogP contribution >= 0.6 is 11.3 Å². The fourth-order valence-corrected chi connectivity index (χ4v) is 3.27. The van der Waals surface area contributed by atoms with Crippen LogP contribution in [0.15, 0.2) is 31.1 Å². The normalized spacial score (nSPS) is 12.0. The second kappa shape index (κ2) is 5.30. The number of thiazole rings is 1. The lowest BCUT2D eigenvalue weighted by atomic mass is 10.1. The molecule has 0 aliphatic heterocycles. The van der Waals surface area contributed by atoms with Crippen LogP contribution in [-0.4, -0.2) is 14.4 Å². The van der Waals surface area contributed by atoms with E-state index in [0.717, 1.165) is 26.9 Å². The molecule has 3 aromatic heterocycles. The molecule has 0 unspecified atom stereocenters. The summed E-state index contributed by atoms with van der Waals surface area (Å²) in [6.45, 7) is 9.97. The maximum Gasteiger partial charge on any atom is 0.136 e. The third-order valence-electron chi connectivity index (χ3n) is 3.36. The number of hydrogen-bond donors (Lipinski definition) is 0. The Labute approximate surface area is 128 Å². The molecule has 0 amide bonds. The molecule has 3 aromatic rings. The van der Waals surface area contributed by atoms with Crippen molar-refractivity contribution in [2.45, 2.75) is 20.8 Å².